The quantitative estimate of drug-likeness (QED) is 0.309. The first-order chi connectivity index (χ1) is 24.7. The first-order valence-electron chi connectivity index (χ1n) is 18.0. The SMILES string of the molecule is CN(C)C/C=C/C(=O)N1CC(S(=O)(=O)c2ccc(N3CC(F)(CN4CCC([C@@](C#N)(c5cccc(F)c5)[C@H]5CCC[C@@H]5NC(=O)O)CC4)C3)cc2)C1. The Balaban J connectivity index is 1.03. The van der Waals surface area contributed by atoms with E-state index in [0.717, 1.165) is 12.1 Å². The van der Waals surface area contributed by atoms with Crippen LogP contribution in [0.1, 0.15) is 37.7 Å². The third-order valence-electron chi connectivity index (χ3n) is 11.4. The van der Waals surface area contributed by atoms with Crippen molar-refractivity contribution in [1.82, 2.24) is 20.0 Å². The number of sulfone groups is 1. The van der Waals surface area contributed by atoms with E-state index >= 15 is 4.39 Å². The van der Waals surface area contributed by atoms with Gasteiger partial charge in [-0.1, -0.05) is 24.6 Å². The lowest BCUT2D eigenvalue weighted by molar-refractivity contribution is -0.129. The summed E-state index contributed by atoms with van der Waals surface area (Å²) < 4.78 is 57.0. The summed E-state index contributed by atoms with van der Waals surface area (Å²) in [6.07, 6.45) is 5.31. The van der Waals surface area contributed by atoms with Crippen LogP contribution in [0.3, 0.4) is 0 Å². The van der Waals surface area contributed by atoms with Gasteiger partial charge in [-0.15, -0.1) is 0 Å². The zero-order valence-corrected chi connectivity index (χ0v) is 30.6. The number of likely N-dealkylation sites (N-methyl/N-ethyl adjacent to an activating group) is 1. The summed E-state index contributed by atoms with van der Waals surface area (Å²) in [5.74, 6) is -1.11. The maximum atomic E-state index is 16.0. The molecule has 11 nitrogen and oxygen atoms in total. The van der Waals surface area contributed by atoms with Crippen molar-refractivity contribution in [3.05, 3.63) is 72.1 Å². The fourth-order valence-corrected chi connectivity index (χ4v) is 10.4. The summed E-state index contributed by atoms with van der Waals surface area (Å²) >= 11 is 0. The number of nitrogens with zero attached hydrogens (tertiary/aromatic N) is 5. The Morgan fingerprint density at radius 3 is 2.40 bits per heavy atom. The number of rotatable bonds is 12. The molecule has 2 aromatic rings. The zero-order chi connectivity index (χ0) is 37.3. The van der Waals surface area contributed by atoms with Crippen molar-refractivity contribution in [2.24, 2.45) is 11.8 Å². The van der Waals surface area contributed by atoms with Gasteiger partial charge in [0.25, 0.3) is 0 Å². The molecule has 3 saturated heterocycles. The lowest BCUT2D eigenvalue weighted by atomic mass is 9.59. The number of hydrogen-bond acceptors (Lipinski definition) is 8. The summed E-state index contributed by atoms with van der Waals surface area (Å²) in [5.41, 5.74) is -1.24. The number of piperidine rings is 1. The molecule has 3 atom stereocenters. The second-order valence-electron chi connectivity index (χ2n) is 15.2. The van der Waals surface area contributed by atoms with Crippen molar-refractivity contribution in [2.45, 2.75) is 59.4 Å². The first-order valence-corrected chi connectivity index (χ1v) is 19.6. The van der Waals surface area contributed by atoms with Crippen LogP contribution >= 0.6 is 0 Å². The summed E-state index contributed by atoms with van der Waals surface area (Å²) in [4.78, 5) is 31.5. The highest BCUT2D eigenvalue weighted by atomic mass is 32.2. The van der Waals surface area contributed by atoms with E-state index in [0.29, 0.717) is 50.9 Å². The molecule has 4 fully saturated rings. The van der Waals surface area contributed by atoms with Crippen LogP contribution < -0.4 is 10.2 Å². The molecule has 0 unspecified atom stereocenters. The van der Waals surface area contributed by atoms with Crippen molar-refractivity contribution in [2.75, 3.05) is 71.4 Å². The number of benzene rings is 2. The summed E-state index contributed by atoms with van der Waals surface area (Å²) in [6, 6.07) is 14.8. The monoisotopic (exact) mass is 738 g/mol. The third-order valence-corrected chi connectivity index (χ3v) is 13.5. The molecule has 2 amide bonds. The average molecular weight is 739 g/mol. The van der Waals surface area contributed by atoms with Crippen LogP contribution in [-0.2, 0) is 20.0 Å². The summed E-state index contributed by atoms with van der Waals surface area (Å²) in [6.45, 7) is 2.57. The Morgan fingerprint density at radius 1 is 1.10 bits per heavy atom. The minimum atomic E-state index is -3.62. The van der Waals surface area contributed by atoms with Crippen LogP contribution in [0, 0.1) is 29.0 Å². The fourth-order valence-electron chi connectivity index (χ4n) is 8.76. The minimum Gasteiger partial charge on any atom is -0.465 e. The molecule has 3 aliphatic heterocycles. The molecule has 6 rings (SSSR count). The molecular formula is C38H48F2N6O5S. The topological polar surface area (TPSA) is 137 Å². The number of carboxylic acid groups (broad SMARTS) is 1. The number of hydrogen-bond donors (Lipinski definition) is 2. The van der Waals surface area contributed by atoms with E-state index in [9.17, 15) is 32.8 Å². The number of amides is 2. The Hall–Kier alpha value is -4.06. The number of anilines is 1. The fraction of sp³-hybridized carbons (Fsp3) is 0.553. The van der Waals surface area contributed by atoms with Crippen LogP contribution in [-0.4, -0.2) is 124 Å². The van der Waals surface area contributed by atoms with Crippen molar-refractivity contribution < 1.29 is 31.9 Å². The Bertz CT molecular complexity index is 1800. The van der Waals surface area contributed by atoms with Gasteiger partial charge in [0.05, 0.1) is 29.5 Å². The van der Waals surface area contributed by atoms with Gasteiger partial charge in [-0.05, 0) is 101 Å². The van der Waals surface area contributed by atoms with Crippen molar-refractivity contribution in [1.29, 1.82) is 5.26 Å². The smallest absolute Gasteiger partial charge is 0.404 e. The van der Waals surface area contributed by atoms with Crippen LogP contribution in [0.2, 0.25) is 0 Å². The van der Waals surface area contributed by atoms with Crippen LogP contribution in [0.5, 0.6) is 0 Å². The van der Waals surface area contributed by atoms with Gasteiger partial charge in [0, 0.05) is 49.9 Å². The number of halogens is 2. The van der Waals surface area contributed by atoms with Crippen molar-refractivity contribution >= 4 is 27.5 Å². The molecule has 2 N–H and O–H groups in total. The molecule has 280 valence electrons. The standard InChI is InChI=1S/C38H48F2N6O5S/c1-43(2)17-5-10-35(47)45-21-32(22-45)52(50,51)31-13-11-30(12-14-31)46-25-37(40,26-46)24-44-18-15-27(16-19-44)38(23-41,28-6-3-7-29(39)20-28)33-8-4-9-34(33)42-36(48)49/h3,5-7,10-14,20,27,32-34,42H,4,8-9,15-19,21-22,24-26H2,1-2H3,(H,48,49)/b10-5+/t33-,34-,38-/m0/s1. The lowest BCUT2D eigenvalue weighted by Gasteiger charge is -2.50. The molecule has 0 spiro atoms. The third kappa shape index (κ3) is 7.68. The number of likely N-dealkylation sites (tertiary alicyclic amines) is 2. The van der Waals surface area contributed by atoms with Gasteiger partial charge in [0.15, 0.2) is 15.5 Å². The number of carbonyl (C=O) groups excluding carboxylic acids is 1. The molecule has 52 heavy (non-hydrogen) atoms. The highest BCUT2D eigenvalue weighted by molar-refractivity contribution is 7.92. The minimum absolute atomic E-state index is 0.147. The highest BCUT2D eigenvalue weighted by Crippen LogP contribution is 2.50. The predicted molar refractivity (Wildman–Crippen MR) is 193 cm³/mol. The van der Waals surface area contributed by atoms with Gasteiger partial charge in [-0.2, -0.15) is 5.26 Å². The molecule has 0 bridgehead atoms. The number of nitriles is 1. The largest absolute Gasteiger partial charge is 0.465 e. The van der Waals surface area contributed by atoms with E-state index in [4.69, 9.17) is 0 Å². The summed E-state index contributed by atoms with van der Waals surface area (Å²) in [5, 5.41) is 22.3. The Morgan fingerprint density at radius 2 is 1.79 bits per heavy atom. The Labute approximate surface area is 304 Å². The lowest BCUT2D eigenvalue weighted by Crippen LogP contribution is -2.64. The molecule has 0 aromatic heterocycles. The number of nitrogens with one attached hydrogen (secondary N) is 1. The molecule has 2 aromatic carbocycles. The van der Waals surface area contributed by atoms with Crippen LogP contribution in [0.4, 0.5) is 19.3 Å². The maximum Gasteiger partial charge on any atom is 0.404 e. The predicted octanol–water partition coefficient (Wildman–Crippen LogP) is 4.07. The first kappa shape index (κ1) is 37.7. The second-order valence-corrected chi connectivity index (χ2v) is 17.4. The van der Waals surface area contributed by atoms with Gasteiger partial charge < -0.3 is 25.1 Å². The van der Waals surface area contributed by atoms with Crippen molar-refractivity contribution in [3.63, 3.8) is 0 Å². The highest BCUT2D eigenvalue weighted by Gasteiger charge is 2.53. The number of carbonyl (C=O) groups is 2. The van der Waals surface area contributed by atoms with Gasteiger partial charge in [-0.25, -0.2) is 22.0 Å². The normalized spacial score (nSPS) is 23.9. The van der Waals surface area contributed by atoms with Crippen LogP contribution in [0.25, 0.3) is 0 Å². The number of alkyl halides is 1. The van der Waals surface area contributed by atoms with E-state index in [-0.39, 0.29) is 55.4 Å². The van der Waals surface area contributed by atoms with Gasteiger partial charge in [0.2, 0.25) is 5.91 Å². The maximum absolute atomic E-state index is 16.0. The molecule has 1 saturated carbocycles. The molecular weight excluding hydrogens is 691 g/mol. The molecule has 3 heterocycles. The van der Waals surface area contributed by atoms with E-state index in [1.807, 2.05) is 23.9 Å². The van der Waals surface area contributed by atoms with E-state index in [1.54, 1.807) is 42.5 Å². The second kappa shape index (κ2) is 15.1. The molecule has 4 aliphatic rings. The molecule has 14 heteroatoms. The van der Waals surface area contributed by atoms with E-state index in [2.05, 4.69) is 16.3 Å². The van der Waals surface area contributed by atoms with Crippen molar-refractivity contribution in [3.8, 4) is 6.07 Å². The van der Waals surface area contributed by atoms with Gasteiger partial charge >= 0.3 is 6.09 Å². The average Bonchev–Trinajstić information content (AvgIpc) is 3.51. The van der Waals surface area contributed by atoms with Gasteiger partial charge in [-0.3, -0.25) is 9.69 Å². The molecule has 0 radical (unpaired) electrons. The van der Waals surface area contributed by atoms with Gasteiger partial charge in [0.1, 0.15) is 11.1 Å². The Kier molecular flexibility index (Phi) is 11.0. The van der Waals surface area contributed by atoms with Crippen LogP contribution in [0.15, 0.2) is 65.6 Å². The zero-order valence-electron chi connectivity index (χ0n) is 29.8. The molecule has 1 aliphatic carbocycles. The summed E-state index contributed by atoms with van der Waals surface area (Å²) in [7, 11) is 0.169. The van der Waals surface area contributed by atoms with E-state index in [1.165, 1.54) is 23.1 Å². The van der Waals surface area contributed by atoms with E-state index < -0.39 is 44.1 Å².